The summed E-state index contributed by atoms with van der Waals surface area (Å²) in [7, 11) is 0. The number of hydrogen-bond acceptors (Lipinski definition) is 1. The van der Waals surface area contributed by atoms with Crippen molar-refractivity contribution in [2.75, 3.05) is 0 Å². The van der Waals surface area contributed by atoms with Crippen LogP contribution in [0.15, 0.2) is 12.7 Å². The summed E-state index contributed by atoms with van der Waals surface area (Å²) in [5.74, 6) is 2.05. The molecule has 0 heterocycles. The highest BCUT2D eigenvalue weighted by atomic mass is 16.3. The number of aliphatic hydroxyl groups is 1. The Bertz CT molecular complexity index is 163. The second-order valence-electron chi connectivity index (χ2n) is 4.67. The monoisotopic (exact) mass is 182 g/mol. The van der Waals surface area contributed by atoms with Gasteiger partial charge in [0, 0.05) is 0 Å². The fourth-order valence-corrected chi connectivity index (χ4v) is 2.36. The molecule has 0 bridgehead atoms. The van der Waals surface area contributed by atoms with Gasteiger partial charge < -0.3 is 5.11 Å². The van der Waals surface area contributed by atoms with Gasteiger partial charge in [0.05, 0.1) is 6.10 Å². The second kappa shape index (κ2) is 4.80. The minimum Gasteiger partial charge on any atom is -0.393 e. The topological polar surface area (TPSA) is 20.2 Å². The molecule has 1 rings (SSSR count). The van der Waals surface area contributed by atoms with Crippen LogP contribution in [-0.2, 0) is 0 Å². The van der Waals surface area contributed by atoms with Crippen LogP contribution < -0.4 is 0 Å². The van der Waals surface area contributed by atoms with Crippen molar-refractivity contribution in [3.8, 4) is 0 Å². The summed E-state index contributed by atoms with van der Waals surface area (Å²) >= 11 is 0. The van der Waals surface area contributed by atoms with Crippen LogP contribution in [0, 0.1) is 17.8 Å². The lowest BCUT2D eigenvalue weighted by molar-refractivity contribution is 0.0391. The molecule has 1 saturated carbocycles. The average molecular weight is 182 g/mol. The third-order valence-corrected chi connectivity index (χ3v) is 3.40. The molecule has 76 valence electrons. The van der Waals surface area contributed by atoms with E-state index >= 15 is 0 Å². The van der Waals surface area contributed by atoms with Crippen LogP contribution in [-0.4, -0.2) is 11.2 Å². The van der Waals surface area contributed by atoms with Gasteiger partial charge in [-0.2, -0.15) is 0 Å². The first-order valence-corrected chi connectivity index (χ1v) is 5.44. The molecular formula is C12H22O. The smallest absolute Gasteiger partial charge is 0.0571 e. The van der Waals surface area contributed by atoms with Gasteiger partial charge in [0.2, 0.25) is 0 Å². The maximum Gasteiger partial charge on any atom is 0.0571 e. The van der Waals surface area contributed by atoms with Crippen molar-refractivity contribution < 1.29 is 5.11 Å². The van der Waals surface area contributed by atoms with E-state index in [9.17, 15) is 5.11 Å². The predicted molar refractivity (Wildman–Crippen MR) is 56.5 cm³/mol. The Balaban J connectivity index is 2.47. The van der Waals surface area contributed by atoms with Crippen LogP contribution >= 0.6 is 0 Å². The van der Waals surface area contributed by atoms with Crippen molar-refractivity contribution in [3.63, 3.8) is 0 Å². The molecule has 1 aliphatic rings. The molecule has 0 spiro atoms. The minimum atomic E-state index is -0.0759. The molecule has 1 nitrogen and oxygen atoms in total. The molecule has 1 N–H and O–H groups in total. The van der Waals surface area contributed by atoms with E-state index in [1.54, 1.807) is 0 Å². The summed E-state index contributed by atoms with van der Waals surface area (Å²) in [6.07, 6.45) is 6.22. The average Bonchev–Trinajstić information content (AvgIpc) is 2.08. The first-order valence-electron chi connectivity index (χ1n) is 5.44. The van der Waals surface area contributed by atoms with Crippen molar-refractivity contribution in [1.82, 2.24) is 0 Å². The highest BCUT2D eigenvalue weighted by Gasteiger charge is 2.29. The van der Waals surface area contributed by atoms with Gasteiger partial charge in [-0.05, 0) is 43.4 Å². The molecule has 1 aliphatic carbocycles. The number of rotatable bonds is 3. The molecule has 1 heteroatoms. The van der Waals surface area contributed by atoms with Crippen LogP contribution in [0.4, 0.5) is 0 Å². The Morgan fingerprint density at radius 3 is 2.69 bits per heavy atom. The van der Waals surface area contributed by atoms with Crippen LogP contribution in [0.3, 0.4) is 0 Å². The van der Waals surface area contributed by atoms with Gasteiger partial charge in [-0.3, -0.25) is 0 Å². The van der Waals surface area contributed by atoms with Gasteiger partial charge >= 0.3 is 0 Å². The fourth-order valence-electron chi connectivity index (χ4n) is 2.36. The van der Waals surface area contributed by atoms with Crippen molar-refractivity contribution >= 4 is 0 Å². The Morgan fingerprint density at radius 1 is 1.46 bits per heavy atom. The molecule has 0 aromatic rings. The van der Waals surface area contributed by atoms with E-state index in [4.69, 9.17) is 0 Å². The molecule has 0 aliphatic heterocycles. The summed E-state index contributed by atoms with van der Waals surface area (Å²) in [6, 6.07) is 0. The quantitative estimate of drug-likeness (QED) is 0.665. The lowest BCUT2D eigenvalue weighted by atomic mass is 9.74. The standard InChI is InChI=1S/C12H22O/c1-4-5-11-8-10(9(2)3)6-7-12(11)13/h4,9-13H,1,5-8H2,2-3H3. The molecule has 0 amide bonds. The largest absolute Gasteiger partial charge is 0.393 e. The molecule has 3 unspecified atom stereocenters. The summed E-state index contributed by atoms with van der Waals surface area (Å²) in [4.78, 5) is 0. The first-order chi connectivity index (χ1) is 6.15. The van der Waals surface area contributed by atoms with Crippen LogP contribution in [0.25, 0.3) is 0 Å². The van der Waals surface area contributed by atoms with E-state index in [-0.39, 0.29) is 6.10 Å². The zero-order valence-electron chi connectivity index (χ0n) is 8.87. The molecular weight excluding hydrogens is 160 g/mol. The zero-order chi connectivity index (χ0) is 9.84. The summed E-state index contributed by atoms with van der Waals surface area (Å²) in [5.41, 5.74) is 0. The Labute approximate surface area is 81.9 Å². The lowest BCUT2D eigenvalue weighted by Crippen LogP contribution is -2.30. The second-order valence-corrected chi connectivity index (χ2v) is 4.67. The number of aliphatic hydroxyl groups excluding tert-OH is 1. The highest BCUT2D eigenvalue weighted by molar-refractivity contribution is 4.85. The van der Waals surface area contributed by atoms with Gasteiger partial charge in [-0.1, -0.05) is 19.9 Å². The van der Waals surface area contributed by atoms with Crippen molar-refractivity contribution in [2.45, 2.75) is 45.6 Å². The Hall–Kier alpha value is -0.300. The molecule has 0 radical (unpaired) electrons. The van der Waals surface area contributed by atoms with Gasteiger partial charge in [0.15, 0.2) is 0 Å². The van der Waals surface area contributed by atoms with E-state index in [0.29, 0.717) is 5.92 Å². The van der Waals surface area contributed by atoms with Crippen molar-refractivity contribution in [3.05, 3.63) is 12.7 Å². The molecule has 1 fully saturated rings. The molecule has 0 saturated heterocycles. The number of hydrogen-bond donors (Lipinski definition) is 1. The first kappa shape index (κ1) is 10.8. The summed E-state index contributed by atoms with van der Waals surface area (Å²) < 4.78 is 0. The molecule has 3 atom stereocenters. The molecule has 0 aromatic heterocycles. The van der Waals surface area contributed by atoms with Gasteiger partial charge in [0.1, 0.15) is 0 Å². The third-order valence-electron chi connectivity index (χ3n) is 3.40. The van der Waals surface area contributed by atoms with Crippen LogP contribution in [0.5, 0.6) is 0 Å². The van der Waals surface area contributed by atoms with E-state index in [0.717, 1.165) is 24.7 Å². The minimum absolute atomic E-state index is 0.0759. The van der Waals surface area contributed by atoms with Gasteiger partial charge in [-0.25, -0.2) is 0 Å². The molecule has 13 heavy (non-hydrogen) atoms. The molecule has 0 aromatic carbocycles. The van der Waals surface area contributed by atoms with Crippen LogP contribution in [0.2, 0.25) is 0 Å². The maximum absolute atomic E-state index is 9.75. The number of allylic oxidation sites excluding steroid dienone is 1. The predicted octanol–water partition coefficient (Wildman–Crippen LogP) is 3.00. The van der Waals surface area contributed by atoms with Gasteiger partial charge in [-0.15, -0.1) is 6.58 Å². The van der Waals surface area contributed by atoms with E-state index in [1.807, 2.05) is 6.08 Å². The Kier molecular flexibility index (Phi) is 3.98. The Morgan fingerprint density at radius 2 is 2.15 bits per heavy atom. The van der Waals surface area contributed by atoms with Crippen molar-refractivity contribution in [1.29, 1.82) is 0 Å². The van der Waals surface area contributed by atoms with Gasteiger partial charge in [0.25, 0.3) is 0 Å². The summed E-state index contributed by atoms with van der Waals surface area (Å²) in [5, 5.41) is 9.75. The highest BCUT2D eigenvalue weighted by Crippen LogP contribution is 2.35. The third kappa shape index (κ3) is 2.84. The van der Waals surface area contributed by atoms with E-state index < -0.39 is 0 Å². The fraction of sp³-hybridized carbons (Fsp3) is 0.833. The normalized spacial score (nSPS) is 34.9. The SMILES string of the molecule is C=CCC1CC(C(C)C)CCC1O. The zero-order valence-corrected chi connectivity index (χ0v) is 8.87. The van der Waals surface area contributed by atoms with Crippen molar-refractivity contribution in [2.24, 2.45) is 17.8 Å². The maximum atomic E-state index is 9.75. The lowest BCUT2D eigenvalue weighted by Gasteiger charge is -2.34. The van der Waals surface area contributed by atoms with E-state index in [1.165, 1.54) is 12.8 Å². The van der Waals surface area contributed by atoms with Crippen LogP contribution in [0.1, 0.15) is 39.5 Å². The van der Waals surface area contributed by atoms with E-state index in [2.05, 4.69) is 20.4 Å². The summed E-state index contributed by atoms with van der Waals surface area (Å²) in [6.45, 7) is 8.32.